The second-order valence-electron chi connectivity index (χ2n) is 4.05. The third kappa shape index (κ3) is 3.98. The molecule has 0 radical (unpaired) electrons. The third-order valence-corrected chi connectivity index (χ3v) is 2.68. The summed E-state index contributed by atoms with van der Waals surface area (Å²) in [7, 11) is 2.11. The van der Waals surface area contributed by atoms with Gasteiger partial charge in [0, 0.05) is 12.2 Å². The Labute approximate surface area is 92.3 Å². The first-order chi connectivity index (χ1) is 7.13. The van der Waals surface area contributed by atoms with Crippen LogP contribution in [0, 0.1) is 6.92 Å². The van der Waals surface area contributed by atoms with E-state index in [-0.39, 0.29) is 6.04 Å². The van der Waals surface area contributed by atoms with E-state index < -0.39 is 0 Å². The van der Waals surface area contributed by atoms with Gasteiger partial charge in [-0.15, -0.1) is 0 Å². The van der Waals surface area contributed by atoms with Crippen LogP contribution >= 0.6 is 0 Å². The highest BCUT2D eigenvalue weighted by atomic mass is 15.1. The molecule has 1 heterocycles. The highest BCUT2D eigenvalue weighted by Crippen LogP contribution is 2.11. The van der Waals surface area contributed by atoms with Gasteiger partial charge in [-0.1, -0.05) is 13.0 Å². The van der Waals surface area contributed by atoms with Crippen molar-refractivity contribution in [2.24, 2.45) is 5.73 Å². The lowest BCUT2D eigenvalue weighted by molar-refractivity contribution is 0.334. The van der Waals surface area contributed by atoms with Gasteiger partial charge in [-0.25, -0.2) is 0 Å². The highest BCUT2D eigenvalue weighted by Gasteiger charge is 2.07. The van der Waals surface area contributed by atoms with E-state index >= 15 is 0 Å². The van der Waals surface area contributed by atoms with E-state index in [1.165, 1.54) is 5.56 Å². The number of hydrogen-bond acceptors (Lipinski definition) is 3. The molecule has 0 saturated heterocycles. The van der Waals surface area contributed by atoms with Crippen LogP contribution < -0.4 is 5.73 Å². The summed E-state index contributed by atoms with van der Waals surface area (Å²) in [6, 6.07) is 4.14. The molecule has 0 saturated carbocycles. The van der Waals surface area contributed by atoms with Crippen molar-refractivity contribution in [1.29, 1.82) is 0 Å². The Hall–Kier alpha value is -0.930. The maximum Gasteiger partial charge on any atom is 0.0571 e. The quantitative estimate of drug-likeness (QED) is 0.799. The van der Waals surface area contributed by atoms with Crippen LogP contribution in [0.15, 0.2) is 18.3 Å². The van der Waals surface area contributed by atoms with Crippen LogP contribution in [-0.4, -0.2) is 30.0 Å². The molecule has 3 nitrogen and oxygen atoms in total. The normalized spacial score (nSPS) is 13.1. The molecule has 84 valence electrons. The molecule has 0 spiro atoms. The van der Waals surface area contributed by atoms with Crippen molar-refractivity contribution < 1.29 is 0 Å². The first-order valence-corrected chi connectivity index (χ1v) is 5.50. The molecule has 15 heavy (non-hydrogen) atoms. The fourth-order valence-electron chi connectivity index (χ4n) is 1.36. The number of aryl methyl sites for hydroxylation is 1. The molecule has 0 aliphatic carbocycles. The van der Waals surface area contributed by atoms with E-state index in [2.05, 4.69) is 29.9 Å². The van der Waals surface area contributed by atoms with Crippen LogP contribution in [0.25, 0.3) is 0 Å². The molecule has 1 aromatic heterocycles. The van der Waals surface area contributed by atoms with E-state index in [1.54, 1.807) is 0 Å². The molecule has 1 unspecified atom stereocenters. The van der Waals surface area contributed by atoms with Gasteiger partial charge in [0.2, 0.25) is 0 Å². The third-order valence-electron chi connectivity index (χ3n) is 2.68. The summed E-state index contributed by atoms with van der Waals surface area (Å²) in [5.74, 6) is 0. The minimum atomic E-state index is 0.0552. The maximum absolute atomic E-state index is 6.06. The van der Waals surface area contributed by atoms with Gasteiger partial charge in [0.05, 0.1) is 5.69 Å². The van der Waals surface area contributed by atoms with Crippen molar-refractivity contribution in [2.75, 3.05) is 20.1 Å². The van der Waals surface area contributed by atoms with Gasteiger partial charge in [-0.2, -0.15) is 0 Å². The fraction of sp³-hybridized carbons (Fsp3) is 0.583. The maximum atomic E-state index is 6.06. The molecule has 1 aromatic rings. The van der Waals surface area contributed by atoms with E-state index in [0.29, 0.717) is 0 Å². The number of nitrogens with zero attached hydrogens (tertiary/aromatic N) is 2. The smallest absolute Gasteiger partial charge is 0.0571 e. The Balaban J connectivity index is 2.46. The molecule has 0 fully saturated rings. The lowest BCUT2D eigenvalue weighted by Crippen LogP contribution is -2.23. The summed E-state index contributed by atoms with van der Waals surface area (Å²) >= 11 is 0. The molecule has 1 rings (SSSR count). The largest absolute Gasteiger partial charge is 0.323 e. The van der Waals surface area contributed by atoms with Gasteiger partial charge in [0.1, 0.15) is 0 Å². The van der Waals surface area contributed by atoms with Gasteiger partial charge >= 0.3 is 0 Å². The molecule has 0 aromatic carbocycles. The molecule has 0 bridgehead atoms. The van der Waals surface area contributed by atoms with Gasteiger partial charge in [-0.3, -0.25) is 4.98 Å². The number of rotatable bonds is 5. The summed E-state index contributed by atoms with van der Waals surface area (Å²) in [6.45, 7) is 6.27. The van der Waals surface area contributed by atoms with Crippen molar-refractivity contribution in [1.82, 2.24) is 9.88 Å². The van der Waals surface area contributed by atoms with Gasteiger partial charge in [-0.05, 0) is 45.1 Å². The predicted octanol–water partition coefficient (Wildman–Crippen LogP) is 1.73. The monoisotopic (exact) mass is 207 g/mol. The van der Waals surface area contributed by atoms with Crippen LogP contribution in [0.1, 0.15) is 30.6 Å². The fourth-order valence-corrected chi connectivity index (χ4v) is 1.36. The SMILES string of the molecule is CCN(C)CCC(N)c1ccc(C)cn1. The molecular weight excluding hydrogens is 186 g/mol. The summed E-state index contributed by atoms with van der Waals surface area (Å²) in [6.07, 6.45) is 2.83. The molecule has 3 heteroatoms. The number of nitrogens with two attached hydrogens (primary N) is 1. The van der Waals surface area contributed by atoms with Crippen molar-refractivity contribution in [3.8, 4) is 0 Å². The highest BCUT2D eigenvalue weighted by molar-refractivity contribution is 5.14. The summed E-state index contributed by atoms with van der Waals surface area (Å²) in [5.41, 5.74) is 8.23. The van der Waals surface area contributed by atoms with Crippen molar-refractivity contribution in [3.05, 3.63) is 29.6 Å². The van der Waals surface area contributed by atoms with Crippen LogP contribution in [-0.2, 0) is 0 Å². The zero-order valence-electron chi connectivity index (χ0n) is 9.90. The van der Waals surface area contributed by atoms with Crippen LogP contribution in [0.5, 0.6) is 0 Å². The topological polar surface area (TPSA) is 42.1 Å². The number of pyridine rings is 1. The second kappa shape index (κ2) is 5.83. The van der Waals surface area contributed by atoms with E-state index in [1.807, 2.05) is 19.2 Å². The first-order valence-electron chi connectivity index (χ1n) is 5.50. The predicted molar refractivity (Wildman–Crippen MR) is 63.7 cm³/mol. The van der Waals surface area contributed by atoms with E-state index in [4.69, 9.17) is 5.73 Å². The Morgan fingerprint density at radius 1 is 1.47 bits per heavy atom. The van der Waals surface area contributed by atoms with E-state index in [9.17, 15) is 0 Å². The second-order valence-corrected chi connectivity index (χ2v) is 4.05. The summed E-state index contributed by atoms with van der Waals surface area (Å²) < 4.78 is 0. The van der Waals surface area contributed by atoms with Gasteiger partial charge in [0.15, 0.2) is 0 Å². The number of aromatic nitrogens is 1. The molecule has 1 atom stereocenters. The van der Waals surface area contributed by atoms with Crippen LogP contribution in [0.3, 0.4) is 0 Å². The Morgan fingerprint density at radius 2 is 2.20 bits per heavy atom. The molecule has 0 aliphatic heterocycles. The van der Waals surface area contributed by atoms with Crippen molar-refractivity contribution >= 4 is 0 Å². The Morgan fingerprint density at radius 3 is 2.73 bits per heavy atom. The first kappa shape index (κ1) is 12.1. The zero-order valence-corrected chi connectivity index (χ0v) is 9.90. The number of hydrogen-bond donors (Lipinski definition) is 1. The van der Waals surface area contributed by atoms with Crippen LogP contribution in [0.2, 0.25) is 0 Å². The lowest BCUT2D eigenvalue weighted by atomic mass is 10.1. The summed E-state index contributed by atoms with van der Waals surface area (Å²) in [4.78, 5) is 6.60. The standard InChI is InChI=1S/C12H21N3/c1-4-15(3)8-7-11(13)12-6-5-10(2)9-14-12/h5-6,9,11H,4,7-8,13H2,1-3H3. The Bertz CT molecular complexity index is 281. The lowest BCUT2D eigenvalue weighted by Gasteiger charge is -2.17. The molecule has 2 N–H and O–H groups in total. The molecule has 0 amide bonds. The average Bonchev–Trinajstić information content (AvgIpc) is 2.26. The summed E-state index contributed by atoms with van der Waals surface area (Å²) in [5, 5.41) is 0. The zero-order chi connectivity index (χ0) is 11.3. The van der Waals surface area contributed by atoms with Crippen LogP contribution in [0.4, 0.5) is 0 Å². The molecular formula is C12H21N3. The van der Waals surface area contributed by atoms with Gasteiger partial charge in [0.25, 0.3) is 0 Å². The minimum absolute atomic E-state index is 0.0552. The Kier molecular flexibility index (Phi) is 4.72. The molecule has 0 aliphatic rings. The average molecular weight is 207 g/mol. The minimum Gasteiger partial charge on any atom is -0.323 e. The van der Waals surface area contributed by atoms with Crippen molar-refractivity contribution in [3.63, 3.8) is 0 Å². The van der Waals surface area contributed by atoms with E-state index in [0.717, 1.165) is 25.2 Å². The van der Waals surface area contributed by atoms with Gasteiger partial charge < -0.3 is 10.6 Å². The van der Waals surface area contributed by atoms with Crippen molar-refractivity contribution in [2.45, 2.75) is 26.3 Å².